The molecule has 172 valence electrons. The van der Waals surface area contributed by atoms with Crippen LogP contribution < -0.4 is 15.4 Å². The molecule has 0 atom stereocenters. The van der Waals surface area contributed by atoms with Crippen molar-refractivity contribution >= 4 is 35.9 Å². The van der Waals surface area contributed by atoms with Crippen molar-refractivity contribution in [3.8, 4) is 5.75 Å². The number of hydrogen-bond acceptors (Lipinski definition) is 4. The summed E-state index contributed by atoms with van der Waals surface area (Å²) in [6.07, 6.45) is -0.341. The lowest BCUT2D eigenvalue weighted by atomic mass is 10.1. The number of carbonyl (C=O) groups is 1. The Hall–Kier alpha value is -1.72. The van der Waals surface area contributed by atoms with E-state index in [0.29, 0.717) is 24.5 Å². The molecule has 2 N–H and O–H groups in total. The van der Waals surface area contributed by atoms with Gasteiger partial charge >= 0.3 is 12.1 Å². The van der Waals surface area contributed by atoms with E-state index in [0.717, 1.165) is 31.2 Å². The second-order valence-electron chi connectivity index (χ2n) is 6.61. The SMILES string of the molecule is CN=C(NCCCCCCC(=O)OC)NCc1ccc(C)cc1OCC(F)(F)F.I. The van der Waals surface area contributed by atoms with E-state index in [-0.39, 0.29) is 42.2 Å². The van der Waals surface area contributed by atoms with Gasteiger partial charge in [-0.05, 0) is 31.4 Å². The average molecular weight is 545 g/mol. The van der Waals surface area contributed by atoms with Gasteiger partial charge in [0, 0.05) is 32.1 Å². The van der Waals surface area contributed by atoms with E-state index in [4.69, 9.17) is 4.74 Å². The molecule has 0 saturated heterocycles. The number of hydrogen-bond donors (Lipinski definition) is 2. The van der Waals surface area contributed by atoms with Crippen LogP contribution in [0.4, 0.5) is 13.2 Å². The fourth-order valence-corrected chi connectivity index (χ4v) is 2.56. The van der Waals surface area contributed by atoms with Gasteiger partial charge < -0.3 is 20.1 Å². The van der Waals surface area contributed by atoms with Crippen molar-refractivity contribution in [3.63, 3.8) is 0 Å². The number of unbranched alkanes of at least 4 members (excludes halogenated alkanes) is 3. The minimum absolute atomic E-state index is 0. The molecule has 0 fully saturated rings. The number of ether oxygens (including phenoxy) is 2. The molecule has 0 aliphatic carbocycles. The minimum Gasteiger partial charge on any atom is -0.484 e. The maximum absolute atomic E-state index is 12.5. The summed E-state index contributed by atoms with van der Waals surface area (Å²) in [5, 5.41) is 6.25. The van der Waals surface area contributed by atoms with Crippen LogP contribution in [0.3, 0.4) is 0 Å². The molecule has 10 heteroatoms. The van der Waals surface area contributed by atoms with Crippen molar-refractivity contribution in [2.45, 2.75) is 51.7 Å². The number of esters is 1. The first-order valence-corrected chi connectivity index (χ1v) is 9.55. The quantitative estimate of drug-likeness (QED) is 0.142. The van der Waals surface area contributed by atoms with Crippen LogP contribution in [0.15, 0.2) is 23.2 Å². The highest BCUT2D eigenvalue weighted by Crippen LogP contribution is 2.23. The number of nitrogens with one attached hydrogen (secondary N) is 2. The molecular weight excluding hydrogens is 514 g/mol. The number of methoxy groups -OCH3 is 1. The van der Waals surface area contributed by atoms with Gasteiger partial charge in [-0.3, -0.25) is 9.79 Å². The molecular formula is C20H31F3IN3O3. The first-order chi connectivity index (χ1) is 13.7. The van der Waals surface area contributed by atoms with E-state index in [1.54, 1.807) is 26.1 Å². The molecule has 1 aromatic carbocycles. The van der Waals surface area contributed by atoms with Crippen LogP contribution in [0.25, 0.3) is 0 Å². The van der Waals surface area contributed by atoms with Crippen LogP contribution in [0.1, 0.15) is 43.2 Å². The van der Waals surface area contributed by atoms with Gasteiger partial charge in [0.15, 0.2) is 12.6 Å². The number of rotatable bonds is 11. The molecule has 0 aromatic heterocycles. The van der Waals surface area contributed by atoms with Gasteiger partial charge in [-0.25, -0.2) is 0 Å². The number of guanidine groups is 1. The Balaban J connectivity index is 0.00000841. The van der Waals surface area contributed by atoms with Crippen molar-refractivity contribution in [1.82, 2.24) is 10.6 Å². The number of carbonyl (C=O) groups excluding carboxylic acids is 1. The third kappa shape index (κ3) is 12.8. The highest BCUT2D eigenvalue weighted by atomic mass is 127. The van der Waals surface area contributed by atoms with Crippen LogP contribution in [-0.2, 0) is 16.1 Å². The largest absolute Gasteiger partial charge is 0.484 e. The van der Waals surface area contributed by atoms with Gasteiger partial charge in [0.1, 0.15) is 5.75 Å². The molecule has 0 aliphatic heterocycles. The topological polar surface area (TPSA) is 72.0 Å². The summed E-state index contributed by atoms with van der Waals surface area (Å²) in [5.41, 5.74) is 1.44. The van der Waals surface area contributed by atoms with E-state index in [1.165, 1.54) is 7.11 Å². The number of aryl methyl sites for hydroxylation is 1. The number of benzene rings is 1. The summed E-state index contributed by atoms with van der Waals surface area (Å²) >= 11 is 0. The predicted octanol–water partition coefficient (Wildman–Crippen LogP) is 4.34. The van der Waals surface area contributed by atoms with Crippen molar-refractivity contribution < 1.29 is 27.4 Å². The molecule has 0 amide bonds. The standard InChI is InChI=1S/C20H30F3N3O3.HI/c1-15-9-10-16(17(12-15)29-14-20(21,22)23)13-26-19(24-2)25-11-7-5-4-6-8-18(27)28-3;/h9-10,12H,4-8,11,13-14H2,1-3H3,(H2,24,25,26);1H. The summed E-state index contributed by atoms with van der Waals surface area (Å²) in [7, 11) is 3.01. The molecule has 0 heterocycles. The Labute approximate surface area is 193 Å². The first-order valence-electron chi connectivity index (χ1n) is 9.55. The zero-order chi connectivity index (χ0) is 21.7. The highest BCUT2D eigenvalue weighted by molar-refractivity contribution is 14.0. The van der Waals surface area contributed by atoms with E-state index >= 15 is 0 Å². The van der Waals surface area contributed by atoms with Crippen molar-refractivity contribution in [2.75, 3.05) is 27.3 Å². The fourth-order valence-electron chi connectivity index (χ4n) is 2.56. The molecule has 6 nitrogen and oxygen atoms in total. The maximum atomic E-state index is 12.5. The van der Waals surface area contributed by atoms with Gasteiger partial charge in [0.2, 0.25) is 0 Å². The summed E-state index contributed by atoms with van der Waals surface area (Å²) in [4.78, 5) is 15.1. The molecule has 0 aliphatic rings. The molecule has 30 heavy (non-hydrogen) atoms. The molecule has 0 saturated carbocycles. The number of alkyl halides is 3. The van der Waals surface area contributed by atoms with Gasteiger partial charge in [-0.2, -0.15) is 13.2 Å². The van der Waals surface area contributed by atoms with Gasteiger partial charge in [0.05, 0.1) is 7.11 Å². The summed E-state index contributed by atoms with van der Waals surface area (Å²) in [6.45, 7) is 1.45. The normalized spacial score (nSPS) is 11.5. The summed E-state index contributed by atoms with van der Waals surface area (Å²) in [5.74, 6) is 0.570. The number of halogens is 4. The monoisotopic (exact) mass is 545 g/mol. The third-order valence-corrected chi connectivity index (χ3v) is 4.11. The second-order valence-corrected chi connectivity index (χ2v) is 6.61. The van der Waals surface area contributed by atoms with Crippen LogP contribution >= 0.6 is 24.0 Å². The Bertz CT molecular complexity index is 670. The molecule has 0 bridgehead atoms. The minimum atomic E-state index is -4.39. The van der Waals surface area contributed by atoms with Crippen molar-refractivity contribution in [2.24, 2.45) is 4.99 Å². The lowest BCUT2D eigenvalue weighted by molar-refractivity contribution is -0.153. The fraction of sp³-hybridized carbons (Fsp3) is 0.600. The Morgan fingerprint density at radius 2 is 1.83 bits per heavy atom. The molecule has 0 unspecified atom stereocenters. The van der Waals surface area contributed by atoms with Crippen LogP contribution in [0.2, 0.25) is 0 Å². The first kappa shape index (κ1) is 28.3. The number of aliphatic imine (C=N–C) groups is 1. The maximum Gasteiger partial charge on any atom is 0.422 e. The highest BCUT2D eigenvalue weighted by Gasteiger charge is 2.28. The zero-order valence-corrected chi connectivity index (χ0v) is 19.9. The van der Waals surface area contributed by atoms with Gasteiger partial charge in [-0.1, -0.05) is 25.0 Å². The molecule has 1 rings (SSSR count). The smallest absolute Gasteiger partial charge is 0.422 e. The lowest BCUT2D eigenvalue weighted by Crippen LogP contribution is -2.37. The van der Waals surface area contributed by atoms with E-state index in [2.05, 4.69) is 20.4 Å². The Morgan fingerprint density at radius 1 is 1.13 bits per heavy atom. The Morgan fingerprint density at radius 3 is 2.47 bits per heavy atom. The summed E-state index contributed by atoms with van der Waals surface area (Å²) < 4.78 is 46.9. The number of nitrogens with zero attached hydrogens (tertiary/aromatic N) is 1. The molecule has 0 spiro atoms. The van der Waals surface area contributed by atoms with Crippen LogP contribution in [0.5, 0.6) is 5.75 Å². The van der Waals surface area contributed by atoms with Gasteiger partial charge in [-0.15, -0.1) is 24.0 Å². The molecule has 1 aromatic rings. The summed E-state index contributed by atoms with van der Waals surface area (Å²) in [6, 6.07) is 5.15. The van der Waals surface area contributed by atoms with Crippen molar-refractivity contribution in [1.29, 1.82) is 0 Å². The van der Waals surface area contributed by atoms with Gasteiger partial charge in [0.25, 0.3) is 0 Å². The predicted molar refractivity (Wildman–Crippen MR) is 121 cm³/mol. The third-order valence-electron chi connectivity index (χ3n) is 4.11. The van der Waals surface area contributed by atoms with E-state index in [1.807, 2.05) is 6.07 Å². The Kier molecular flexibility index (Phi) is 14.3. The van der Waals surface area contributed by atoms with Crippen LogP contribution in [0, 0.1) is 6.92 Å². The second kappa shape index (κ2) is 15.1. The van der Waals surface area contributed by atoms with E-state index in [9.17, 15) is 18.0 Å². The molecule has 0 radical (unpaired) electrons. The van der Waals surface area contributed by atoms with E-state index < -0.39 is 12.8 Å². The zero-order valence-electron chi connectivity index (χ0n) is 17.6. The van der Waals surface area contributed by atoms with Crippen molar-refractivity contribution in [3.05, 3.63) is 29.3 Å². The van der Waals surface area contributed by atoms with Crippen LogP contribution in [-0.4, -0.2) is 45.4 Å². The lowest BCUT2D eigenvalue weighted by Gasteiger charge is -2.16. The average Bonchev–Trinajstić information content (AvgIpc) is 2.68.